The number of para-hydroxylation sites is 1. The molecule has 0 atom stereocenters. The van der Waals surface area contributed by atoms with Crippen LogP contribution in [0.15, 0.2) is 54.7 Å². The maximum absolute atomic E-state index is 12.1. The fourth-order valence-corrected chi connectivity index (χ4v) is 2.89. The monoisotopic (exact) mass is 396 g/mol. The first-order chi connectivity index (χ1) is 14.0. The van der Waals surface area contributed by atoms with E-state index >= 15 is 0 Å². The summed E-state index contributed by atoms with van der Waals surface area (Å²) in [5.74, 6) is -0.301. The fourth-order valence-electron chi connectivity index (χ4n) is 2.89. The topological polar surface area (TPSA) is 116 Å². The average molecular weight is 396 g/mol. The lowest BCUT2D eigenvalue weighted by atomic mass is 10.1. The normalized spacial score (nSPS) is 10.5. The van der Waals surface area contributed by atoms with E-state index in [0.717, 1.165) is 12.0 Å². The lowest BCUT2D eigenvalue weighted by molar-refractivity contribution is -0.384. The van der Waals surface area contributed by atoms with Gasteiger partial charge >= 0.3 is 0 Å². The van der Waals surface area contributed by atoms with Gasteiger partial charge in [0.25, 0.3) is 17.5 Å². The molecule has 150 valence electrons. The predicted octanol–water partition coefficient (Wildman–Crippen LogP) is 2.34. The molecule has 2 amide bonds. The van der Waals surface area contributed by atoms with E-state index in [-0.39, 0.29) is 18.8 Å². The molecule has 9 nitrogen and oxygen atoms in total. The third kappa shape index (κ3) is 4.89. The van der Waals surface area contributed by atoms with Crippen molar-refractivity contribution in [2.24, 2.45) is 0 Å². The number of nitro groups is 1. The Bertz CT molecular complexity index is 1060. The zero-order chi connectivity index (χ0) is 20.8. The molecule has 1 aromatic heterocycles. The van der Waals surface area contributed by atoms with Gasteiger partial charge in [-0.15, -0.1) is 0 Å². The highest BCUT2D eigenvalue weighted by Crippen LogP contribution is 2.22. The highest BCUT2D eigenvalue weighted by atomic mass is 16.6. The van der Waals surface area contributed by atoms with Crippen molar-refractivity contribution in [1.82, 2.24) is 15.4 Å². The van der Waals surface area contributed by atoms with E-state index in [1.54, 1.807) is 29.0 Å². The Balaban J connectivity index is 1.51. The number of carbonyl (C=O) groups is 2. The summed E-state index contributed by atoms with van der Waals surface area (Å²) in [4.78, 5) is 34.4. The van der Waals surface area contributed by atoms with Gasteiger partial charge in [0.2, 0.25) is 0 Å². The summed E-state index contributed by atoms with van der Waals surface area (Å²) in [5.41, 5.74) is 6.29. The minimum atomic E-state index is -0.489. The SMILES string of the molecule is CCc1ccccc1OCC(=O)NNC(=O)Cn1ccc2cc([N+](=O)[O-])ccc21. The molecule has 2 N–H and O–H groups in total. The maximum Gasteiger partial charge on any atom is 0.276 e. The van der Waals surface area contributed by atoms with Gasteiger partial charge in [0.15, 0.2) is 6.61 Å². The number of ether oxygens (including phenoxy) is 1. The maximum atomic E-state index is 12.1. The summed E-state index contributed by atoms with van der Waals surface area (Å²) >= 11 is 0. The lowest BCUT2D eigenvalue weighted by Gasteiger charge is -2.11. The second-order valence-corrected chi connectivity index (χ2v) is 6.29. The van der Waals surface area contributed by atoms with E-state index in [4.69, 9.17) is 4.74 Å². The summed E-state index contributed by atoms with van der Waals surface area (Å²) < 4.78 is 7.13. The van der Waals surface area contributed by atoms with Gasteiger partial charge < -0.3 is 9.30 Å². The van der Waals surface area contributed by atoms with Crippen molar-refractivity contribution >= 4 is 28.4 Å². The fraction of sp³-hybridized carbons (Fsp3) is 0.200. The number of amides is 2. The summed E-state index contributed by atoms with van der Waals surface area (Å²) in [6.45, 7) is 1.71. The second kappa shape index (κ2) is 8.87. The molecule has 0 bridgehead atoms. The van der Waals surface area contributed by atoms with Gasteiger partial charge in [-0.05, 0) is 30.2 Å². The minimum absolute atomic E-state index is 0.0170. The van der Waals surface area contributed by atoms with Crippen LogP contribution < -0.4 is 15.6 Å². The van der Waals surface area contributed by atoms with Crippen LogP contribution in [-0.2, 0) is 22.6 Å². The number of nitro benzene ring substituents is 1. The van der Waals surface area contributed by atoms with Crippen molar-refractivity contribution in [2.45, 2.75) is 19.9 Å². The van der Waals surface area contributed by atoms with Crippen LogP contribution in [0.2, 0.25) is 0 Å². The van der Waals surface area contributed by atoms with Gasteiger partial charge in [-0.3, -0.25) is 30.6 Å². The molecule has 3 rings (SSSR count). The molecule has 0 saturated carbocycles. The predicted molar refractivity (Wildman–Crippen MR) is 106 cm³/mol. The first-order valence-corrected chi connectivity index (χ1v) is 8.99. The standard InChI is InChI=1S/C20H20N4O5/c1-2-14-5-3-4-6-18(14)29-13-20(26)22-21-19(25)12-23-10-9-15-11-16(24(27)28)7-8-17(15)23/h3-11H,2,12-13H2,1H3,(H,21,25)(H,22,26). The van der Waals surface area contributed by atoms with Crippen molar-refractivity contribution in [3.8, 4) is 5.75 Å². The summed E-state index contributed by atoms with van der Waals surface area (Å²) in [7, 11) is 0. The number of nitrogens with one attached hydrogen (secondary N) is 2. The van der Waals surface area contributed by atoms with Crippen LogP contribution in [0.1, 0.15) is 12.5 Å². The van der Waals surface area contributed by atoms with Crippen LogP contribution in [0.3, 0.4) is 0 Å². The summed E-state index contributed by atoms with van der Waals surface area (Å²) in [6.07, 6.45) is 2.43. The zero-order valence-electron chi connectivity index (χ0n) is 15.8. The zero-order valence-corrected chi connectivity index (χ0v) is 15.8. The van der Waals surface area contributed by atoms with Gasteiger partial charge in [0, 0.05) is 29.2 Å². The Morgan fingerprint density at radius 2 is 1.86 bits per heavy atom. The van der Waals surface area contributed by atoms with Crippen LogP contribution in [0, 0.1) is 10.1 Å². The Hall–Kier alpha value is -3.88. The third-order valence-corrected chi connectivity index (χ3v) is 4.33. The number of fused-ring (bicyclic) bond motifs is 1. The van der Waals surface area contributed by atoms with Gasteiger partial charge in [-0.2, -0.15) is 0 Å². The number of rotatable bonds is 7. The number of hydrogen-bond donors (Lipinski definition) is 2. The molecular formula is C20H20N4O5. The minimum Gasteiger partial charge on any atom is -0.483 e. The van der Waals surface area contributed by atoms with Gasteiger partial charge in [-0.25, -0.2) is 0 Å². The number of hydrazine groups is 1. The van der Waals surface area contributed by atoms with Crippen LogP contribution in [0.25, 0.3) is 10.9 Å². The molecule has 2 aromatic carbocycles. The van der Waals surface area contributed by atoms with Crippen molar-refractivity contribution in [1.29, 1.82) is 0 Å². The summed E-state index contributed by atoms with van der Waals surface area (Å²) in [5, 5.41) is 11.5. The van der Waals surface area contributed by atoms with E-state index in [1.807, 2.05) is 25.1 Å². The quantitative estimate of drug-likeness (QED) is 0.470. The Labute approximate surface area is 166 Å². The van der Waals surface area contributed by atoms with Crippen LogP contribution >= 0.6 is 0 Å². The smallest absolute Gasteiger partial charge is 0.276 e. The van der Waals surface area contributed by atoms with E-state index in [1.165, 1.54) is 12.1 Å². The molecule has 9 heteroatoms. The van der Waals surface area contributed by atoms with Crippen LogP contribution in [-0.4, -0.2) is 27.9 Å². The van der Waals surface area contributed by atoms with E-state index < -0.39 is 16.7 Å². The van der Waals surface area contributed by atoms with Crippen molar-refractivity contribution in [2.75, 3.05) is 6.61 Å². The molecule has 0 aliphatic heterocycles. The molecule has 0 aliphatic rings. The number of nitrogens with zero attached hydrogens (tertiary/aromatic N) is 2. The Kier molecular flexibility index (Phi) is 6.08. The number of carbonyl (C=O) groups excluding carboxylic acids is 2. The van der Waals surface area contributed by atoms with Gasteiger partial charge in [0.1, 0.15) is 12.3 Å². The molecule has 29 heavy (non-hydrogen) atoms. The molecule has 0 fully saturated rings. The molecule has 3 aromatic rings. The number of benzene rings is 2. The van der Waals surface area contributed by atoms with Gasteiger partial charge in [0.05, 0.1) is 4.92 Å². The average Bonchev–Trinajstić information content (AvgIpc) is 3.12. The van der Waals surface area contributed by atoms with E-state index in [9.17, 15) is 19.7 Å². The molecular weight excluding hydrogens is 376 g/mol. The second-order valence-electron chi connectivity index (χ2n) is 6.29. The summed E-state index contributed by atoms with van der Waals surface area (Å²) in [6, 6.07) is 13.5. The highest BCUT2D eigenvalue weighted by molar-refractivity contribution is 5.86. The number of non-ortho nitro benzene ring substituents is 1. The number of aryl methyl sites for hydroxylation is 1. The largest absolute Gasteiger partial charge is 0.483 e. The van der Waals surface area contributed by atoms with Crippen molar-refractivity contribution in [3.05, 3.63) is 70.4 Å². The molecule has 1 heterocycles. The molecule has 0 spiro atoms. The third-order valence-electron chi connectivity index (χ3n) is 4.33. The molecule has 0 saturated heterocycles. The van der Waals surface area contributed by atoms with Crippen LogP contribution in [0.4, 0.5) is 5.69 Å². The lowest BCUT2D eigenvalue weighted by Crippen LogP contribution is -2.45. The molecule has 0 aliphatic carbocycles. The van der Waals surface area contributed by atoms with E-state index in [2.05, 4.69) is 10.9 Å². The number of hydrogen-bond acceptors (Lipinski definition) is 5. The first-order valence-electron chi connectivity index (χ1n) is 8.99. The van der Waals surface area contributed by atoms with E-state index in [0.29, 0.717) is 16.7 Å². The first kappa shape index (κ1) is 19.9. The van der Waals surface area contributed by atoms with Crippen molar-refractivity contribution in [3.63, 3.8) is 0 Å². The van der Waals surface area contributed by atoms with Gasteiger partial charge in [-0.1, -0.05) is 25.1 Å². The molecule has 0 radical (unpaired) electrons. The number of aromatic nitrogens is 1. The van der Waals surface area contributed by atoms with Crippen molar-refractivity contribution < 1.29 is 19.2 Å². The molecule has 0 unspecified atom stereocenters. The Morgan fingerprint density at radius 3 is 2.62 bits per heavy atom. The highest BCUT2D eigenvalue weighted by Gasteiger charge is 2.12. The van der Waals surface area contributed by atoms with Crippen LogP contribution in [0.5, 0.6) is 5.75 Å². The Morgan fingerprint density at radius 1 is 1.10 bits per heavy atom.